The lowest BCUT2D eigenvalue weighted by atomic mass is 10.1. The molecule has 0 spiro atoms. The zero-order valence-electron chi connectivity index (χ0n) is 12.8. The first kappa shape index (κ1) is 16.5. The van der Waals surface area contributed by atoms with Crippen LogP contribution in [0.3, 0.4) is 0 Å². The Morgan fingerprint density at radius 3 is 2.73 bits per heavy atom. The van der Waals surface area contributed by atoms with Crippen molar-refractivity contribution >= 4 is 5.91 Å². The van der Waals surface area contributed by atoms with E-state index in [-0.39, 0.29) is 12.3 Å². The Morgan fingerprint density at radius 1 is 1.36 bits per heavy atom. The van der Waals surface area contributed by atoms with E-state index in [1.165, 1.54) is 11.0 Å². The minimum Gasteiger partial charge on any atom is -0.368 e. The molecule has 1 saturated heterocycles. The Bertz CT molecular complexity index is 528. The third-order valence-corrected chi connectivity index (χ3v) is 3.95. The van der Waals surface area contributed by atoms with Crippen molar-refractivity contribution in [3.05, 3.63) is 61.2 Å². The normalized spacial score (nSPS) is 24.5. The van der Waals surface area contributed by atoms with E-state index in [9.17, 15) is 9.90 Å². The van der Waals surface area contributed by atoms with Gasteiger partial charge in [-0.25, -0.2) is 0 Å². The molecule has 118 valence electrons. The van der Waals surface area contributed by atoms with Crippen molar-refractivity contribution in [2.45, 2.75) is 37.7 Å². The maximum atomic E-state index is 12.2. The second-order valence-electron chi connectivity index (χ2n) is 5.45. The number of nitrogens with zero attached hydrogens (tertiary/aromatic N) is 1. The molecular formula is C18H23NO3. The van der Waals surface area contributed by atoms with Crippen LogP contribution in [0.1, 0.15) is 24.8 Å². The summed E-state index contributed by atoms with van der Waals surface area (Å²) in [4.78, 5) is 13.6. The van der Waals surface area contributed by atoms with Crippen LogP contribution in [0.5, 0.6) is 0 Å². The fourth-order valence-corrected chi connectivity index (χ4v) is 2.68. The SMILES string of the molecule is C=CCCCN1C(=O)C[C@H](OCc2ccccc2)C1(O)C=C. The average molecular weight is 301 g/mol. The molecule has 1 aromatic rings. The van der Waals surface area contributed by atoms with Gasteiger partial charge in [0.15, 0.2) is 5.72 Å². The van der Waals surface area contributed by atoms with Gasteiger partial charge in [-0.2, -0.15) is 0 Å². The van der Waals surface area contributed by atoms with Crippen LogP contribution in [0.4, 0.5) is 0 Å². The second kappa shape index (κ2) is 7.38. The van der Waals surface area contributed by atoms with Crippen LogP contribution < -0.4 is 0 Å². The molecule has 0 aromatic heterocycles. The fraction of sp³-hybridized carbons (Fsp3) is 0.389. The largest absolute Gasteiger partial charge is 0.368 e. The number of allylic oxidation sites excluding steroid dienone is 1. The summed E-state index contributed by atoms with van der Waals surface area (Å²) < 4.78 is 5.80. The zero-order valence-corrected chi connectivity index (χ0v) is 12.8. The lowest BCUT2D eigenvalue weighted by Gasteiger charge is -2.34. The smallest absolute Gasteiger partial charge is 0.227 e. The summed E-state index contributed by atoms with van der Waals surface area (Å²) >= 11 is 0. The van der Waals surface area contributed by atoms with Crippen LogP contribution in [-0.4, -0.2) is 34.3 Å². The van der Waals surface area contributed by atoms with E-state index in [0.717, 1.165) is 18.4 Å². The number of rotatable bonds is 8. The number of hydrogen-bond acceptors (Lipinski definition) is 3. The summed E-state index contributed by atoms with van der Waals surface area (Å²) in [6, 6.07) is 9.70. The van der Waals surface area contributed by atoms with Crippen LogP contribution >= 0.6 is 0 Å². The van der Waals surface area contributed by atoms with Gasteiger partial charge in [-0.1, -0.05) is 43.0 Å². The van der Waals surface area contributed by atoms with Crippen LogP contribution in [0, 0.1) is 0 Å². The van der Waals surface area contributed by atoms with Crippen molar-refractivity contribution in [3.8, 4) is 0 Å². The predicted octanol–water partition coefficient (Wildman–Crippen LogP) is 2.64. The maximum absolute atomic E-state index is 12.2. The Hall–Kier alpha value is -1.91. The molecule has 1 aliphatic heterocycles. The van der Waals surface area contributed by atoms with Crippen molar-refractivity contribution < 1.29 is 14.6 Å². The lowest BCUT2D eigenvalue weighted by molar-refractivity contribution is -0.150. The quantitative estimate of drug-likeness (QED) is 0.593. The molecule has 1 N–H and O–H groups in total. The minimum absolute atomic E-state index is 0.107. The first-order valence-electron chi connectivity index (χ1n) is 7.54. The molecule has 0 radical (unpaired) electrons. The Morgan fingerprint density at radius 2 is 2.09 bits per heavy atom. The Labute approximate surface area is 131 Å². The topological polar surface area (TPSA) is 49.8 Å². The number of amides is 1. The molecule has 0 bridgehead atoms. The summed E-state index contributed by atoms with van der Waals surface area (Å²) in [5, 5.41) is 10.8. The highest BCUT2D eigenvalue weighted by atomic mass is 16.5. The molecule has 0 aliphatic carbocycles. The van der Waals surface area contributed by atoms with Crippen molar-refractivity contribution in [1.82, 2.24) is 4.90 Å². The molecular weight excluding hydrogens is 278 g/mol. The number of benzene rings is 1. The average Bonchev–Trinajstić information content (AvgIpc) is 2.78. The molecule has 1 heterocycles. The molecule has 1 aromatic carbocycles. The first-order valence-corrected chi connectivity index (χ1v) is 7.54. The highest BCUT2D eigenvalue weighted by Crippen LogP contribution is 2.32. The first-order chi connectivity index (χ1) is 10.6. The van der Waals surface area contributed by atoms with Gasteiger partial charge in [0.05, 0.1) is 13.0 Å². The van der Waals surface area contributed by atoms with E-state index in [2.05, 4.69) is 13.2 Å². The summed E-state index contributed by atoms with van der Waals surface area (Å²) in [7, 11) is 0. The highest BCUT2D eigenvalue weighted by Gasteiger charge is 2.50. The van der Waals surface area contributed by atoms with Gasteiger partial charge in [-0.15, -0.1) is 6.58 Å². The molecule has 0 saturated carbocycles. The fourth-order valence-electron chi connectivity index (χ4n) is 2.68. The molecule has 1 amide bonds. The van der Waals surface area contributed by atoms with Crippen LogP contribution in [0.15, 0.2) is 55.6 Å². The standard InChI is InChI=1S/C18H23NO3/c1-3-5-9-12-19-17(20)13-16(18(19,21)4-2)22-14-15-10-7-6-8-11-15/h3-4,6-8,10-11,16,21H,1-2,5,9,12-14H2/t16-,18?/m0/s1. The number of ether oxygens (including phenoxy) is 1. The van der Waals surface area contributed by atoms with E-state index in [0.29, 0.717) is 13.2 Å². The van der Waals surface area contributed by atoms with Crippen molar-refractivity contribution in [1.29, 1.82) is 0 Å². The Balaban J connectivity index is 2.03. The minimum atomic E-state index is -1.44. The van der Waals surface area contributed by atoms with E-state index in [4.69, 9.17) is 4.74 Å². The third kappa shape index (κ3) is 3.46. The van der Waals surface area contributed by atoms with Gasteiger partial charge in [0.25, 0.3) is 0 Å². The van der Waals surface area contributed by atoms with Crippen molar-refractivity contribution in [3.63, 3.8) is 0 Å². The number of likely N-dealkylation sites (tertiary alicyclic amines) is 1. The van der Waals surface area contributed by atoms with Crippen LogP contribution in [0.2, 0.25) is 0 Å². The van der Waals surface area contributed by atoms with Crippen LogP contribution in [0.25, 0.3) is 0 Å². The summed E-state index contributed by atoms with van der Waals surface area (Å²) in [6.07, 6.45) is 4.34. The number of unbranched alkanes of at least 4 members (excludes halogenated alkanes) is 1. The number of carbonyl (C=O) groups is 1. The van der Waals surface area contributed by atoms with Crippen LogP contribution in [-0.2, 0) is 16.1 Å². The van der Waals surface area contributed by atoms with E-state index in [1.807, 2.05) is 30.3 Å². The van der Waals surface area contributed by atoms with Crippen molar-refractivity contribution in [2.24, 2.45) is 0 Å². The predicted molar refractivity (Wildman–Crippen MR) is 85.9 cm³/mol. The molecule has 1 fully saturated rings. The van der Waals surface area contributed by atoms with Gasteiger partial charge in [0.2, 0.25) is 5.91 Å². The van der Waals surface area contributed by atoms with Gasteiger partial charge in [-0.3, -0.25) is 4.79 Å². The summed E-state index contributed by atoms with van der Waals surface area (Å²) in [5.74, 6) is -0.107. The zero-order chi connectivity index (χ0) is 16.0. The summed E-state index contributed by atoms with van der Waals surface area (Å²) in [6.45, 7) is 8.18. The lowest BCUT2D eigenvalue weighted by Crippen LogP contribution is -2.50. The monoisotopic (exact) mass is 301 g/mol. The Kier molecular flexibility index (Phi) is 5.52. The second-order valence-corrected chi connectivity index (χ2v) is 5.45. The number of hydrogen-bond donors (Lipinski definition) is 1. The van der Waals surface area contributed by atoms with Gasteiger partial charge in [0.1, 0.15) is 6.10 Å². The molecule has 4 nitrogen and oxygen atoms in total. The van der Waals surface area contributed by atoms with Gasteiger partial charge in [0, 0.05) is 6.54 Å². The van der Waals surface area contributed by atoms with E-state index in [1.54, 1.807) is 6.08 Å². The van der Waals surface area contributed by atoms with E-state index >= 15 is 0 Å². The van der Waals surface area contributed by atoms with Gasteiger partial charge < -0.3 is 14.7 Å². The maximum Gasteiger partial charge on any atom is 0.227 e. The molecule has 2 rings (SSSR count). The molecule has 4 heteroatoms. The summed E-state index contributed by atoms with van der Waals surface area (Å²) in [5.41, 5.74) is -0.431. The van der Waals surface area contributed by atoms with Gasteiger partial charge in [-0.05, 0) is 24.5 Å². The van der Waals surface area contributed by atoms with Gasteiger partial charge >= 0.3 is 0 Å². The van der Waals surface area contributed by atoms with E-state index < -0.39 is 11.8 Å². The molecule has 1 unspecified atom stereocenters. The molecule has 2 atom stereocenters. The third-order valence-electron chi connectivity index (χ3n) is 3.95. The number of aliphatic hydroxyl groups is 1. The highest BCUT2D eigenvalue weighted by molar-refractivity contribution is 5.81. The molecule has 1 aliphatic rings. The molecule has 22 heavy (non-hydrogen) atoms. The number of carbonyl (C=O) groups excluding carboxylic acids is 1. The van der Waals surface area contributed by atoms with Crippen molar-refractivity contribution in [2.75, 3.05) is 6.54 Å².